The first-order chi connectivity index (χ1) is 15.2. The molecule has 12 heteroatoms. The summed E-state index contributed by atoms with van der Waals surface area (Å²) in [6.07, 6.45) is 8.13. The summed E-state index contributed by atoms with van der Waals surface area (Å²) in [5, 5.41) is 4.99. The Morgan fingerprint density at radius 3 is 3.06 bits per heavy atom. The lowest BCUT2D eigenvalue weighted by Crippen LogP contribution is -2.29. The number of aromatic amines is 1. The van der Waals surface area contributed by atoms with Gasteiger partial charge in [0.2, 0.25) is 0 Å². The van der Waals surface area contributed by atoms with E-state index in [1.807, 2.05) is 4.57 Å². The highest BCUT2D eigenvalue weighted by molar-refractivity contribution is 7.99. The molecule has 6 rings (SSSR count). The van der Waals surface area contributed by atoms with Crippen LogP contribution < -0.4 is 10.5 Å². The van der Waals surface area contributed by atoms with Crippen LogP contribution in [-0.4, -0.2) is 52.4 Å². The van der Waals surface area contributed by atoms with Crippen molar-refractivity contribution in [1.82, 2.24) is 34.1 Å². The second-order valence-corrected chi connectivity index (χ2v) is 9.03. The monoisotopic (exact) mass is 458 g/mol. The molecule has 4 aromatic heterocycles. The fourth-order valence-corrected chi connectivity index (χ4v) is 5.64. The molecule has 160 valence electrons. The average molecular weight is 459 g/mol. The van der Waals surface area contributed by atoms with Crippen LogP contribution in [0.2, 0.25) is 5.02 Å². The van der Waals surface area contributed by atoms with Gasteiger partial charge in [0.1, 0.15) is 24.1 Å². The molecule has 0 spiro atoms. The summed E-state index contributed by atoms with van der Waals surface area (Å²) in [5.41, 5.74) is 1.56. The number of halogens is 1. The van der Waals surface area contributed by atoms with E-state index in [-0.39, 0.29) is 17.8 Å². The summed E-state index contributed by atoms with van der Waals surface area (Å²) >= 11 is 7.86. The van der Waals surface area contributed by atoms with E-state index < -0.39 is 0 Å². The number of hydrogen-bond acceptors (Lipinski definition) is 8. The van der Waals surface area contributed by atoms with Crippen LogP contribution in [0.4, 0.5) is 5.82 Å². The summed E-state index contributed by atoms with van der Waals surface area (Å²) in [5.74, 6) is 2.76. The lowest BCUT2D eigenvalue weighted by Gasteiger charge is -2.25. The predicted octanol–water partition coefficient (Wildman–Crippen LogP) is 2.77. The fraction of sp³-hybridized carbons (Fsp3) is 0.421. The molecule has 0 radical (unpaired) electrons. The van der Waals surface area contributed by atoms with E-state index in [2.05, 4.69) is 29.9 Å². The minimum absolute atomic E-state index is 0.0517. The minimum Gasteiger partial charge on any atom is -0.358 e. The van der Waals surface area contributed by atoms with E-state index in [0.29, 0.717) is 22.2 Å². The zero-order chi connectivity index (χ0) is 20.9. The molecule has 1 N–H and O–H groups in total. The Bertz CT molecular complexity index is 1330. The Labute approximate surface area is 185 Å². The maximum absolute atomic E-state index is 12.6. The second-order valence-electron chi connectivity index (χ2n) is 7.62. The SMILES string of the molecule is O=c1[nH]c([C@@H]2CSCN2c2ncnc3c2ncn3C2CCCCO2)nn2ccc(Cl)c12. The van der Waals surface area contributed by atoms with Crippen LogP contribution in [0.1, 0.15) is 37.4 Å². The number of nitrogens with zero attached hydrogens (tertiary/aromatic N) is 7. The van der Waals surface area contributed by atoms with Gasteiger partial charge in [0.05, 0.1) is 17.2 Å². The molecular weight excluding hydrogens is 440 g/mol. The number of anilines is 1. The molecule has 2 aliphatic heterocycles. The van der Waals surface area contributed by atoms with E-state index in [0.717, 1.165) is 48.6 Å². The zero-order valence-electron chi connectivity index (χ0n) is 16.4. The molecule has 0 saturated carbocycles. The molecule has 6 heterocycles. The number of hydrogen-bond donors (Lipinski definition) is 1. The van der Waals surface area contributed by atoms with Crippen LogP contribution in [-0.2, 0) is 4.74 Å². The van der Waals surface area contributed by atoms with Crippen molar-refractivity contribution in [3.8, 4) is 0 Å². The molecule has 0 bridgehead atoms. The first-order valence-electron chi connectivity index (χ1n) is 10.1. The van der Waals surface area contributed by atoms with Gasteiger partial charge >= 0.3 is 0 Å². The molecule has 0 amide bonds. The summed E-state index contributed by atoms with van der Waals surface area (Å²) in [7, 11) is 0. The summed E-state index contributed by atoms with van der Waals surface area (Å²) in [6, 6.07) is 1.51. The quantitative estimate of drug-likeness (QED) is 0.499. The van der Waals surface area contributed by atoms with Crippen LogP contribution in [0.5, 0.6) is 0 Å². The zero-order valence-corrected chi connectivity index (χ0v) is 18.0. The largest absolute Gasteiger partial charge is 0.358 e. The Balaban J connectivity index is 1.41. The highest BCUT2D eigenvalue weighted by Gasteiger charge is 2.33. The van der Waals surface area contributed by atoms with Crippen LogP contribution in [0.15, 0.2) is 29.7 Å². The van der Waals surface area contributed by atoms with Crippen LogP contribution in [0.3, 0.4) is 0 Å². The Kier molecular flexibility index (Phi) is 4.62. The van der Waals surface area contributed by atoms with E-state index >= 15 is 0 Å². The van der Waals surface area contributed by atoms with Crippen LogP contribution >= 0.6 is 23.4 Å². The van der Waals surface area contributed by atoms with Crippen LogP contribution in [0, 0.1) is 0 Å². The summed E-state index contributed by atoms with van der Waals surface area (Å²) in [4.78, 5) is 31.3. The van der Waals surface area contributed by atoms with E-state index in [1.165, 1.54) is 4.52 Å². The van der Waals surface area contributed by atoms with Crippen molar-refractivity contribution in [2.75, 3.05) is 23.1 Å². The maximum Gasteiger partial charge on any atom is 0.276 e. The van der Waals surface area contributed by atoms with Crippen molar-refractivity contribution in [2.45, 2.75) is 31.5 Å². The Morgan fingerprint density at radius 2 is 2.19 bits per heavy atom. The topological polar surface area (TPSA) is 106 Å². The van der Waals surface area contributed by atoms with Crippen molar-refractivity contribution < 1.29 is 4.74 Å². The Morgan fingerprint density at radius 1 is 1.26 bits per heavy atom. The predicted molar refractivity (Wildman–Crippen MR) is 118 cm³/mol. The third-order valence-corrected chi connectivity index (χ3v) is 7.08. The fourth-order valence-electron chi connectivity index (χ4n) is 4.24. The lowest BCUT2D eigenvalue weighted by atomic mass is 10.2. The van der Waals surface area contributed by atoms with Gasteiger partial charge in [-0.3, -0.25) is 9.36 Å². The number of nitrogens with one attached hydrogen (secondary N) is 1. The molecule has 31 heavy (non-hydrogen) atoms. The first kappa shape index (κ1) is 19.1. The van der Waals surface area contributed by atoms with Crippen molar-refractivity contribution >= 4 is 45.9 Å². The number of ether oxygens (including phenoxy) is 1. The number of rotatable bonds is 3. The number of thioether (sulfide) groups is 1. The molecule has 10 nitrogen and oxygen atoms in total. The van der Waals surface area contributed by atoms with Gasteiger partial charge in [-0.15, -0.1) is 11.8 Å². The van der Waals surface area contributed by atoms with Gasteiger partial charge in [0.15, 0.2) is 22.8 Å². The third kappa shape index (κ3) is 3.10. The molecule has 1 unspecified atom stereocenters. The van der Waals surface area contributed by atoms with Gasteiger partial charge in [0.25, 0.3) is 5.56 Å². The van der Waals surface area contributed by atoms with Crippen molar-refractivity contribution in [2.24, 2.45) is 0 Å². The van der Waals surface area contributed by atoms with Crippen molar-refractivity contribution in [3.05, 3.63) is 46.1 Å². The average Bonchev–Trinajstić information content (AvgIpc) is 3.52. The summed E-state index contributed by atoms with van der Waals surface area (Å²) < 4.78 is 9.45. The van der Waals surface area contributed by atoms with Gasteiger partial charge in [-0.05, 0) is 25.3 Å². The van der Waals surface area contributed by atoms with Gasteiger partial charge in [0, 0.05) is 18.6 Å². The molecule has 2 atom stereocenters. The number of imidazole rings is 1. The Hall–Kier alpha value is -2.63. The minimum atomic E-state index is -0.261. The lowest BCUT2D eigenvalue weighted by molar-refractivity contribution is -0.0298. The number of fused-ring (bicyclic) bond motifs is 2. The normalized spacial score (nSPS) is 22.0. The standard InChI is InChI=1S/C19H19ClN8O2S/c20-11-4-5-28-15(11)19(29)24-16(25-28)12-7-31-10-27(12)18-14-17(21-8-22-18)26(9-23-14)13-3-1-2-6-30-13/h4-5,8-9,12-13H,1-3,6-7,10H2,(H,24,25,29)/t12-,13?/m0/s1. The molecule has 0 aliphatic carbocycles. The van der Waals surface area contributed by atoms with Crippen molar-refractivity contribution in [1.29, 1.82) is 0 Å². The molecular formula is C19H19ClN8O2S. The van der Waals surface area contributed by atoms with Gasteiger partial charge < -0.3 is 14.6 Å². The smallest absolute Gasteiger partial charge is 0.276 e. The third-order valence-electron chi connectivity index (χ3n) is 5.76. The van der Waals surface area contributed by atoms with Gasteiger partial charge in [-0.1, -0.05) is 11.6 Å². The molecule has 0 aromatic carbocycles. The van der Waals surface area contributed by atoms with Gasteiger partial charge in [-0.2, -0.15) is 5.10 Å². The molecule has 4 aromatic rings. The van der Waals surface area contributed by atoms with Gasteiger partial charge in [-0.25, -0.2) is 19.5 Å². The number of aromatic nitrogens is 7. The summed E-state index contributed by atoms with van der Waals surface area (Å²) in [6.45, 7) is 0.748. The second kappa shape index (κ2) is 7.50. The van der Waals surface area contributed by atoms with E-state index in [1.54, 1.807) is 36.7 Å². The molecule has 2 aliphatic rings. The number of H-pyrrole nitrogens is 1. The molecule has 2 saturated heterocycles. The van der Waals surface area contributed by atoms with E-state index in [9.17, 15) is 4.79 Å². The highest BCUT2D eigenvalue weighted by Crippen LogP contribution is 2.37. The first-order valence-corrected chi connectivity index (χ1v) is 11.6. The molecule has 2 fully saturated rings. The van der Waals surface area contributed by atoms with Crippen molar-refractivity contribution in [3.63, 3.8) is 0 Å². The highest BCUT2D eigenvalue weighted by atomic mass is 35.5. The van der Waals surface area contributed by atoms with Crippen LogP contribution in [0.25, 0.3) is 16.7 Å². The van der Waals surface area contributed by atoms with E-state index in [4.69, 9.17) is 16.3 Å². The maximum atomic E-state index is 12.6.